The van der Waals surface area contributed by atoms with Crippen molar-refractivity contribution < 1.29 is 9.90 Å². The number of aromatic nitrogens is 5. The molecule has 18 heavy (non-hydrogen) atoms. The molecular weight excluding hydrogens is 254 g/mol. The van der Waals surface area contributed by atoms with E-state index in [0.717, 1.165) is 11.5 Å². The van der Waals surface area contributed by atoms with Crippen molar-refractivity contribution in [1.82, 2.24) is 24.3 Å². The van der Waals surface area contributed by atoms with Gasteiger partial charge in [0.15, 0.2) is 11.0 Å². The van der Waals surface area contributed by atoms with Crippen molar-refractivity contribution in [2.24, 2.45) is 7.05 Å². The molecule has 2 aromatic heterocycles. The smallest absolute Gasteiger partial charge is 0.313 e. The van der Waals surface area contributed by atoms with Crippen LogP contribution in [0.2, 0.25) is 0 Å². The Hall–Kier alpha value is -1.83. The van der Waals surface area contributed by atoms with E-state index >= 15 is 0 Å². The lowest BCUT2D eigenvalue weighted by Gasteiger charge is -2.08. The standard InChI is InChI=1S/C10H13N5O2S/c1-7-3-11-10(18-5-9(16)17)15(7)4-8-13-12-6-14(8)2/h3,6H,4-5H2,1-2H3,(H,16,17). The van der Waals surface area contributed by atoms with Crippen molar-refractivity contribution in [3.05, 3.63) is 24.0 Å². The van der Waals surface area contributed by atoms with E-state index in [4.69, 9.17) is 5.11 Å². The van der Waals surface area contributed by atoms with Crippen LogP contribution in [0.25, 0.3) is 0 Å². The Balaban J connectivity index is 2.19. The lowest BCUT2D eigenvalue weighted by molar-refractivity contribution is -0.133. The first-order valence-corrected chi connectivity index (χ1v) is 6.26. The van der Waals surface area contributed by atoms with E-state index in [9.17, 15) is 4.79 Å². The summed E-state index contributed by atoms with van der Waals surface area (Å²) in [6.07, 6.45) is 3.35. The van der Waals surface area contributed by atoms with Crippen molar-refractivity contribution in [2.45, 2.75) is 18.6 Å². The molecule has 1 N–H and O–H groups in total. The summed E-state index contributed by atoms with van der Waals surface area (Å²) in [5.74, 6) is -0.0610. The molecule has 0 saturated heterocycles. The van der Waals surface area contributed by atoms with Gasteiger partial charge in [-0.25, -0.2) is 4.98 Å². The van der Waals surface area contributed by atoms with Crippen molar-refractivity contribution in [3.63, 3.8) is 0 Å². The molecule has 0 aliphatic rings. The lowest BCUT2D eigenvalue weighted by atomic mass is 10.5. The third kappa shape index (κ3) is 2.70. The van der Waals surface area contributed by atoms with Gasteiger partial charge in [-0.1, -0.05) is 11.8 Å². The second kappa shape index (κ2) is 5.21. The molecule has 0 aliphatic heterocycles. The summed E-state index contributed by atoms with van der Waals surface area (Å²) in [6, 6.07) is 0. The summed E-state index contributed by atoms with van der Waals surface area (Å²) in [7, 11) is 1.87. The van der Waals surface area contributed by atoms with Crippen LogP contribution in [0.1, 0.15) is 11.5 Å². The SMILES string of the molecule is Cc1cnc(SCC(=O)O)n1Cc1nncn1C. The van der Waals surface area contributed by atoms with Gasteiger partial charge in [-0.15, -0.1) is 10.2 Å². The van der Waals surface area contributed by atoms with Gasteiger partial charge in [0.05, 0.1) is 12.3 Å². The molecule has 0 unspecified atom stereocenters. The van der Waals surface area contributed by atoms with Gasteiger partial charge in [0, 0.05) is 18.9 Å². The zero-order chi connectivity index (χ0) is 13.1. The minimum atomic E-state index is -0.856. The molecule has 0 saturated carbocycles. The monoisotopic (exact) mass is 267 g/mol. The van der Waals surface area contributed by atoms with Crippen LogP contribution in [-0.4, -0.2) is 41.1 Å². The number of hydrogen-bond acceptors (Lipinski definition) is 5. The van der Waals surface area contributed by atoms with Gasteiger partial charge in [0.25, 0.3) is 0 Å². The Morgan fingerprint density at radius 1 is 1.56 bits per heavy atom. The van der Waals surface area contributed by atoms with Crippen LogP contribution >= 0.6 is 11.8 Å². The highest BCUT2D eigenvalue weighted by molar-refractivity contribution is 7.99. The molecule has 2 rings (SSSR count). The fourth-order valence-corrected chi connectivity index (χ4v) is 2.21. The van der Waals surface area contributed by atoms with E-state index in [2.05, 4.69) is 15.2 Å². The maximum atomic E-state index is 10.6. The van der Waals surface area contributed by atoms with Crippen LogP contribution in [0.5, 0.6) is 0 Å². The maximum absolute atomic E-state index is 10.6. The number of carboxylic acids is 1. The lowest BCUT2D eigenvalue weighted by Crippen LogP contribution is -2.09. The number of thioether (sulfide) groups is 1. The van der Waals surface area contributed by atoms with Crippen LogP contribution in [0, 0.1) is 6.92 Å². The Kier molecular flexibility index (Phi) is 3.66. The summed E-state index contributed by atoms with van der Waals surface area (Å²) in [4.78, 5) is 14.8. The number of aliphatic carboxylic acids is 1. The largest absolute Gasteiger partial charge is 0.481 e. The van der Waals surface area contributed by atoms with Crippen molar-refractivity contribution in [2.75, 3.05) is 5.75 Å². The third-order valence-electron chi connectivity index (χ3n) is 2.45. The predicted molar refractivity (Wildman–Crippen MR) is 65.4 cm³/mol. The van der Waals surface area contributed by atoms with Gasteiger partial charge < -0.3 is 14.2 Å². The normalized spacial score (nSPS) is 10.8. The molecule has 0 atom stereocenters. The second-order valence-electron chi connectivity index (χ2n) is 3.81. The number of carbonyl (C=O) groups is 1. The quantitative estimate of drug-likeness (QED) is 0.796. The fraction of sp³-hybridized carbons (Fsp3) is 0.400. The average molecular weight is 267 g/mol. The van der Waals surface area contributed by atoms with E-state index in [1.165, 1.54) is 11.8 Å². The molecule has 2 aromatic rings. The minimum absolute atomic E-state index is 0.00469. The third-order valence-corrected chi connectivity index (χ3v) is 3.42. The van der Waals surface area contributed by atoms with Crippen LogP contribution < -0.4 is 0 Å². The van der Waals surface area contributed by atoms with E-state index in [-0.39, 0.29) is 5.75 Å². The highest BCUT2D eigenvalue weighted by Gasteiger charge is 2.12. The first-order chi connectivity index (χ1) is 8.58. The molecule has 7 nitrogen and oxygen atoms in total. The number of nitrogens with zero attached hydrogens (tertiary/aromatic N) is 5. The van der Waals surface area contributed by atoms with E-state index in [1.807, 2.05) is 23.1 Å². The predicted octanol–water partition coefficient (Wildman–Crippen LogP) is 0.545. The van der Waals surface area contributed by atoms with Crippen LogP contribution in [-0.2, 0) is 18.4 Å². The zero-order valence-corrected chi connectivity index (χ0v) is 10.9. The van der Waals surface area contributed by atoms with Crippen molar-refractivity contribution in [3.8, 4) is 0 Å². The fourth-order valence-electron chi connectivity index (χ4n) is 1.46. The Bertz CT molecular complexity index is 562. The van der Waals surface area contributed by atoms with Crippen molar-refractivity contribution >= 4 is 17.7 Å². The summed E-state index contributed by atoms with van der Waals surface area (Å²) in [5, 5.41) is 17.2. The number of aryl methyl sites for hydroxylation is 2. The molecule has 0 aromatic carbocycles. The van der Waals surface area contributed by atoms with Crippen LogP contribution in [0.4, 0.5) is 0 Å². The van der Waals surface area contributed by atoms with Gasteiger partial charge in [0.2, 0.25) is 0 Å². The molecule has 0 bridgehead atoms. The van der Waals surface area contributed by atoms with E-state index in [1.54, 1.807) is 12.5 Å². The van der Waals surface area contributed by atoms with Gasteiger partial charge in [-0.2, -0.15) is 0 Å². The average Bonchev–Trinajstić information content (AvgIpc) is 2.86. The number of hydrogen-bond donors (Lipinski definition) is 1. The summed E-state index contributed by atoms with van der Waals surface area (Å²) >= 11 is 1.20. The Morgan fingerprint density at radius 3 is 2.94 bits per heavy atom. The molecule has 2 heterocycles. The highest BCUT2D eigenvalue weighted by atomic mass is 32.2. The highest BCUT2D eigenvalue weighted by Crippen LogP contribution is 2.19. The summed E-state index contributed by atoms with van der Waals surface area (Å²) < 4.78 is 3.75. The summed E-state index contributed by atoms with van der Waals surface area (Å²) in [5.41, 5.74) is 0.964. The minimum Gasteiger partial charge on any atom is -0.481 e. The summed E-state index contributed by atoms with van der Waals surface area (Å²) in [6.45, 7) is 2.46. The van der Waals surface area contributed by atoms with Crippen LogP contribution in [0.3, 0.4) is 0 Å². The maximum Gasteiger partial charge on any atom is 0.313 e. The first kappa shape index (κ1) is 12.6. The molecule has 0 radical (unpaired) electrons. The van der Waals surface area contributed by atoms with Crippen molar-refractivity contribution in [1.29, 1.82) is 0 Å². The molecule has 8 heteroatoms. The molecular formula is C10H13N5O2S. The Labute approximate surface area is 108 Å². The molecule has 0 aliphatic carbocycles. The van der Waals surface area contributed by atoms with Gasteiger partial charge in [-0.05, 0) is 6.92 Å². The number of carboxylic acid groups (broad SMARTS) is 1. The van der Waals surface area contributed by atoms with Gasteiger partial charge >= 0.3 is 5.97 Å². The van der Waals surface area contributed by atoms with E-state index in [0.29, 0.717) is 11.7 Å². The first-order valence-electron chi connectivity index (χ1n) is 5.27. The number of rotatable bonds is 5. The van der Waals surface area contributed by atoms with Gasteiger partial charge in [0.1, 0.15) is 6.33 Å². The number of imidazole rings is 1. The zero-order valence-electron chi connectivity index (χ0n) is 10.1. The molecule has 0 amide bonds. The molecule has 0 fully saturated rings. The van der Waals surface area contributed by atoms with E-state index < -0.39 is 5.97 Å². The Morgan fingerprint density at radius 2 is 2.33 bits per heavy atom. The van der Waals surface area contributed by atoms with Crippen LogP contribution in [0.15, 0.2) is 17.7 Å². The molecule has 96 valence electrons. The topological polar surface area (TPSA) is 85.8 Å². The second-order valence-corrected chi connectivity index (χ2v) is 4.75. The molecule has 0 spiro atoms. The van der Waals surface area contributed by atoms with Gasteiger partial charge in [-0.3, -0.25) is 4.79 Å².